The van der Waals surface area contributed by atoms with E-state index in [4.69, 9.17) is 0 Å². The number of thiazole rings is 1. The first-order valence-corrected chi connectivity index (χ1v) is 9.19. The van der Waals surface area contributed by atoms with Crippen LogP contribution in [0.5, 0.6) is 0 Å². The van der Waals surface area contributed by atoms with Crippen LogP contribution in [0, 0.1) is 13.8 Å². The number of carbonyl (C=O) groups is 1. The molecule has 2 amide bonds. The minimum atomic E-state index is -0.0777. The second-order valence-corrected chi connectivity index (χ2v) is 7.63. The highest BCUT2D eigenvalue weighted by Crippen LogP contribution is 2.24. The zero-order chi connectivity index (χ0) is 18.0. The van der Waals surface area contributed by atoms with E-state index in [1.165, 1.54) is 10.8 Å². The van der Waals surface area contributed by atoms with Crippen molar-refractivity contribution in [2.45, 2.75) is 33.4 Å². The first kappa shape index (κ1) is 17.4. The van der Waals surface area contributed by atoms with Crippen LogP contribution in [0.15, 0.2) is 42.5 Å². The van der Waals surface area contributed by atoms with Gasteiger partial charge in [-0.15, -0.1) is 11.3 Å². The van der Waals surface area contributed by atoms with Crippen LogP contribution < -0.4 is 5.32 Å². The van der Waals surface area contributed by atoms with Gasteiger partial charge in [-0.25, -0.2) is 9.78 Å². The number of benzene rings is 2. The van der Waals surface area contributed by atoms with Crippen LogP contribution in [-0.2, 0) is 6.54 Å². The summed E-state index contributed by atoms with van der Waals surface area (Å²) in [5, 5.41) is 6.49. The van der Waals surface area contributed by atoms with Gasteiger partial charge in [0.1, 0.15) is 0 Å². The van der Waals surface area contributed by atoms with Gasteiger partial charge >= 0.3 is 6.03 Å². The van der Waals surface area contributed by atoms with Gasteiger partial charge in [0.05, 0.1) is 16.7 Å². The molecule has 130 valence electrons. The van der Waals surface area contributed by atoms with E-state index in [2.05, 4.69) is 40.6 Å². The number of hydrogen-bond donors (Lipinski definition) is 1. The summed E-state index contributed by atoms with van der Waals surface area (Å²) in [6.07, 6.45) is 0. The maximum atomic E-state index is 12.5. The highest BCUT2D eigenvalue weighted by molar-refractivity contribution is 7.11. The van der Waals surface area contributed by atoms with Crippen molar-refractivity contribution in [2.24, 2.45) is 0 Å². The number of carbonyl (C=O) groups excluding carboxylic acids is 1. The Hall–Kier alpha value is -2.40. The highest BCUT2D eigenvalue weighted by atomic mass is 32.1. The van der Waals surface area contributed by atoms with E-state index in [1.807, 2.05) is 40.0 Å². The molecule has 3 rings (SSSR count). The maximum absolute atomic E-state index is 12.5. The molecule has 1 heterocycles. The van der Waals surface area contributed by atoms with Crippen molar-refractivity contribution in [3.8, 4) is 0 Å². The van der Waals surface area contributed by atoms with Crippen molar-refractivity contribution in [3.05, 3.63) is 63.6 Å². The number of amides is 2. The molecule has 1 atom stereocenters. The summed E-state index contributed by atoms with van der Waals surface area (Å²) in [6.45, 7) is 6.55. The van der Waals surface area contributed by atoms with Gasteiger partial charge in [-0.05, 0) is 43.2 Å². The summed E-state index contributed by atoms with van der Waals surface area (Å²) in [6, 6.07) is 14.4. The zero-order valence-electron chi connectivity index (χ0n) is 15.0. The molecule has 0 spiro atoms. The van der Waals surface area contributed by atoms with Crippen LogP contribution in [0.25, 0.3) is 10.8 Å². The number of aryl methyl sites for hydroxylation is 2. The zero-order valence-corrected chi connectivity index (χ0v) is 15.9. The average molecular weight is 353 g/mol. The van der Waals surface area contributed by atoms with Gasteiger partial charge in [0.25, 0.3) is 0 Å². The minimum absolute atomic E-state index is 0.0437. The molecule has 1 N–H and O–H groups in total. The van der Waals surface area contributed by atoms with Crippen LogP contribution in [0.1, 0.15) is 34.1 Å². The standard InChI is InChI=1S/C20H23N3OS/c1-13-19(25-15(3)21-13)14(2)22-20(24)23(4)12-16-9-10-17-7-5-6-8-18(17)11-16/h5-11,14H,12H2,1-4H3,(H,22,24). The molecule has 1 unspecified atom stereocenters. The first-order valence-electron chi connectivity index (χ1n) is 8.37. The van der Waals surface area contributed by atoms with Crippen molar-refractivity contribution in [3.63, 3.8) is 0 Å². The highest BCUT2D eigenvalue weighted by Gasteiger charge is 2.17. The van der Waals surface area contributed by atoms with Gasteiger partial charge in [-0.2, -0.15) is 0 Å². The predicted octanol–water partition coefficient (Wildman–Crippen LogP) is 4.82. The van der Waals surface area contributed by atoms with Gasteiger partial charge in [-0.1, -0.05) is 36.4 Å². The lowest BCUT2D eigenvalue weighted by molar-refractivity contribution is 0.203. The average Bonchev–Trinajstić information content (AvgIpc) is 2.93. The molecule has 1 aromatic heterocycles. The van der Waals surface area contributed by atoms with Crippen molar-refractivity contribution in [1.29, 1.82) is 0 Å². The number of aromatic nitrogens is 1. The van der Waals surface area contributed by atoms with Crippen molar-refractivity contribution in [1.82, 2.24) is 15.2 Å². The number of fused-ring (bicyclic) bond motifs is 1. The SMILES string of the molecule is Cc1nc(C)c(C(C)NC(=O)N(C)Cc2ccc3ccccc3c2)s1. The Labute approximate surface area is 152 Å². The van der Waals surface area contributed by atoms with Gasteiger partial charge < -0.3 is 10.2 Å². The quantitative estimate of drug-likeness (QED) is 0.731. The number of urea groups is 1. The number of nitrogens with zero attached hydrogens (tertiary/aromatic N) is 2. The van der Waals surface area contributed by atoms with Gasteiger partial charge in [0.2, 0.25) is 0 Å². The van der Waals surface area contributed by atoms with Crippen molar-refractivity contribution >= 4 is 28.1 Å². The summed E-state index contributed by atoms with van der Waals surface area (Å²) >= 11 is 1.64. The molecule has 25 heavy (non-hydrogen) atoms. The summed E-state index contributed by atoms with van der Waals surface area (Å²) < 4.78 is 0. The molecule has 4 nitrogen and oxygen atoms in total. The number of hydrogen-bond acceptors (Lipinski definition) is 3. The fraction of sp³-hybridized carbons (Fsp3) is 0.300. The van der Waals surface area contributed by atoms with E-state index in [0.29, 0.717) is 6.54 Å². The summed E-state index contributed by atoms with van der Waals surface area (Å²) in [4.78, 5) is 19.8. The Morgan fingerprint density at radius 2 is 1.92 bits per heavy atom. The van der Waals surface area contributed by atoms with E-state index in [-0.39, 0.29) is 12.1 Å². The first-order chi connectivity index (χ1) is 11.9. The summed E-state index contributed by atoms with van der Waals surface area (Å²) in [5.41, 5.74) is 2.11. The van der Waals surface area contributed by atoms with E-state index in [0.717, 1.165) is 21.1 Å². The van der Waals surface area contributed by atoms with Gasteiger partial charge in [0.15, 0.2) is 0 Å². The molecule has 2 aromatic carbocycles. The molecular weight excluding hydrogens is 330 g/mol. The largest absolute Gasteiger partial charge is 0.331 e. The lowest BCUT2D eigenvalue weighted by Gasteiger charge is -2.21. The smallest absolute Gasteiger partial charge is 0.317 e. The molecule has 0 bridgehead atoms. The maximum Gasteiger partial charge on any atom is 0.317 e. The molecule has 3 aromatic rings. The van der Waals surface area contributed by atoms with Crippen LogP contribution in [0.4, 0.5) is 4.79 Å². The lowest BCUT2D eigenvalue weighted by Crippen LogP contribution is -2.38. The normalized spacial score (nSPS) is 12.2. The molecule has 0 saturated carbocycles. The summed E-state index contributed by atoms with van der Waals surface area (Å²) in [7, 11) is 1.82. The number of nitrogens with one attached hydrogen (secondary N) is 1. The van der Waals surface area contributed by atoms with Gasteiger partial charge in [-0.3, -0.25) is 0 Å². The second-order valence-electron chi connectivity index (χ2n) is 6.39. The van der Waals surface area contributed by atoms with Crippen molar-refractivity contribution in [2.75, 3.05) is 7.05 Å². The molecular formula is C20H23N3OS. The molecule has 0 aliphatic rings. The van der Waals surface area contributed by atoms with E-state index in [1.54, 1.807) is 16.2 Å². The van der Waals surface area contributed by atoms with Crippen molar-refractivity contribution < 1.29 is 4.79 Å². The fourth-order valence-corrected chi connectivity index (χ4v) is 3.92. The molecule has 0 radical (unpaired) electrons. The fourth-order valence-electron chi connectivity index (χ4n) is 2.99. The topological polar surface area (TPSA) is 45.2 Å². The van der Waals surface area contributed by atoms with E-state index < -0.39 is 0 Å². The Morgan fingerprint density at radius 3 is 2.60 bits per heavy atom. The molecule has 0 aliphatic heterocycles. The van der Waals surface area contributed by atoms with Crippen LogP contribution in [-0.4, -0.2) is 23.0 Å². The molecule has 0 fully saturated rings. The Morgan fingerprint density at radius 1 is 1.20 bits per heavy atom. The van der Waals surface area contributed by atoms with Gasteiger partial charge in [0, 0.05) is 18.5 Å². The third kappa shape index (κ3) is 3.99. The molecule has 5 heteroatoms. The van der Waals surface area contributed by atoms with E-state index in [9.17, 15) is 4.79 Å². The third-order valence-corrected chi connectivity index (χ3v) is 5.51. The minimum Gasteiger partial charge on any atom is -0.331 e. The van der Waals surface area contributed by atoms with Crippen LogP contribution in [0.3, 0.4) is 0 Å². The Bertz CT molecular complexity index is 903. The lowest BCUT2D eigenvalue weighted by atomic mass is 10.1. The monoisotopic (exact) mass is 353 g/mol. The third-order valence-electron chi connectivity index (χ3n) is 4.25. The Kier molecular flexibility index (Phi) is 5.04. The van der Waals surface area contributed by atoms with Crippen LogP contribution >= 0.6 is 11.3 Å². The predicted molar refractivity (Wildman–Crippen MR) is 104 cm³/mol. The van der Waals surface area contributed by atoms with E-state index >= 15 is 0 Å². The second kappa shape index (κ2) is 7.23. The van der Waals surface area contributed by atoms with Crippen LogP contribution in [0.2, 0.25) is 0 Å². The Balaban J connectivity index is 1.66. The molecule has 0 aliphatic carbocycles. The number of rotatable bonds is 4. The summed E-state index contributed by atoms with van der Waals surface area (Å²) in [5.74, 6) is 0. The molecule has 0 saturated heterocycles.